The van der Waals surface area contributed by atoms with Crippen LogP contribution in [0, 0.1) is 10.1 Å². The zero-order valence-corrected chi connectivity index (χ0v) is 15.3. The van der Waals surface area contributed by atoms with Crippen LogP contribution in [0.3, 0.4) is 0 Å². The number of carbonyl (C=O) groups is 1. The molecule has 6 nitrogen and oxygen atoms in total. The molecule has 0 aliphatic heterocycles. The van der Waals surface area contributed by atoms with Crippen LogP contribution in [0.25, 0.3) is 0 Å². The van der Waals surface area contributed by atoms with Gasteiger partial charge in [0.25, 0.3) is 11.6 Å². The van der Waals surface area contributed by atoms with Gasteiger partial charge in [0.05, 0.1) is 21.2 Å². The van der Waals surface area contributed by atoms with Crippen molar-refractivity contribution >= 4 is 40.5 Å². The third kappa shape index (κ3) is 5.08. The van der Waals surface area contributed by atoms with Crippen molar-refractivity contribution in [2.24, 2.45) is 0 Å². The van der Waals surface area contributed by atoms with Crippen LogP contribution in [0.15, 0.2) is 36.4 Å². The molecule has 0 atom stereocenters. The minimum absolute atomic E-state index is 0.0582. The van der Waals surface area contributed by atoms with Crippen molar-refractivity contribution in [2.75, 3.05) is 5.32 Å². The van der Waals surface area contributed by atoms with Crippen LogP contribution in [-0.2, 0) is 0 Å². The second-order valence-electron chi connectivity index (χ2n) is 6.23. The van der Waals surface area contributed by atoms with E-state index >= 15 is 0 Å². The fraction of sp³-hybridized carbons (Fsp3) is 0.235. The van der Waals surface area contributed by atoms with Crippen LogP contribution in [0.4, 0.5) is 11.4 Å². The number of anilines is 1. The number of nitrogens with one attached hydrogen (secondary N) is 1. The van der Waals surface area contributed by atoms with Crippen molar-refractivity contribution in [3.8, 4) is 5.75 Å². The molecular formula is C17H16Cl2N2O4. The highest BCUT2D eigenvalue weighted by atomic mass is 35.5. The van der Waals surface area contributed by atoms with Crippen LogP contribution in [0.5, 0.6) is 5.75 Å². The van der Waals surface area contributed by atoms with Gasteiger partial charge in [0.15, 0.2) is 0 Å². The normalized spacial score (nSPS) is 11.1. The van der Waals surface area contributed by atoms with Crippen LogP contribution >= 0.6 is 23.2 Å². The molecule has 0 aromatic heterocycles. The molecule has 0 aliphatic rings. The molecule has 2 rings (SSSR count). The molecule has 2 aromatic carbocycles. The summed E-state index contributed by atoms with van der Waals surface area (Å²) in [6, 6.07) is 8.51. The van der Waals surface area contributed by atoms with Gasteiger partial charge in [-0.3, -0.25) is 14.9 Å². The Bertz CT molecular complexity index is 832. The summed E-state index contributed by atoms with van der Waals surface area (Å²) in [7, 11) is 0. The number of nitro benzene ring substituents is 1. The molecule has 8 heteroatoms. The predicted octanol–water partition coefficient (Wildman–Crippen LogP) is 5.33. The topological polar surface area (TPSA) is 81.5 Å². The summed E-state index contributed by atoms with van der Waals surface area (Å²) in [6.07, 6.45) is 0. The lowest BCUT2D eigenvalue weighted by Crippen LogP contribution is -2.25. The molecule has 132 valence electrons. The lowest BCUT2D eigenvalue weighted by atomic mass is 10.1. The van der Waals surface area contributed by atoms with Gasteiger partial charge in [-0.15, -0.1) is 0 Å². The van der Waals surface area contributed by atoms with E-state index in [0.717, 1.165) is 0 Å². The number of benzene rings is 2. The number of nitrogens with zero attached hydrogens (tertiary/aromatic N) is 1. The van der Waals surface area contributed by atoms with Gasteiger partial charge < -0.3 is 10.1 Å². The third-order valence-electron chi connectivity index (χ3n) is 3.01. The van der Waals surface area contributed by atoms with Crippen LogP contribution in [-0.4, -0.2) is 16.4 Å². The highest BCUT2D eigenvalue weighted by Gasteiger charge is 2.20. The summed E-state index contributed by atoms with van der Waals surface area (Å²) >= 11 is 12.0. The van der Waals surface area contributed by atoms with Crippen LogP contribution in [0.2, 0.25) is 10.0 Å². The maximum atomic E-state index is 12.6. The minimum atomic E-state index is -0.566. The lowest BCUT2D eigenvalue weighted by molar-refractivity contribution is -0.384. The first-order valence-corrected chi connectivity index (χ1v) is 8.06. The SMILES string of the molecule is CC(C)(C)Oc1ccc(Cl)cc1C(=O)Nc1ccc([N+](=O)[O-])cc1Cl. The minimum Gasteiger partial charge on any atom is -0.487 e. The average molecular weight is 383 g/mol. The van der Waals surface area contributed by atoms with Crippen LogP contribution in [0.1, 0.15) is 31.1 Å². The quantitative estimate of drug-likeness (QED) is 0.571. The molecule has 0 fully saturated rings. The summed E-state index contributed by atoms with van der Waals surface area (Å²) in [4.78, 5) is 22.8. The molecule has 0 saturated heterocycles. The van der Waals surface area contributed by atoms with Crippen molar-refractivity contribution < 1.29 is 14.5 Å². The van der Waals surface area contributed by atoms with E-state index in [4.69, 9.17) is 27.9 Å². The standard InChI is InChI=1S/C17H16Cl2N2O4/c1-17(2,3)25-15-7-4-10(18)8-12(15)16(22)20-14-6-5-11(21(23)24)9-13(14)19/h4-9H,1-3H3,(H,20,22). The number of non-ortho nitro benzene ring substituents is 1. The molecule has 0 unspecified atom stereocenters. The highest BCUT2D eigenvalue weighted by Crippen LogP contribution is 2.30. The van der Waals surface area contributed by atoms with Crippen molar-refractivity contribution in [1.29, 1.82) is 0 Å². The number of rotatable bonds is 4. The average Bonchev–Trinajstić information content (AvgIpc) is 2.49. The molecule has 25 heavy (non-hydrogen) atoms. The molecule has 1 amide bonds. The van der Waals surface area contributed by atoms with E-state index in [1.165, 1.54) is 24.3 Å². The molecule has 2 aromatic rings. The van der Waals surface area contributed by atoms with Gasteiger partial charge in [-0.2, -0.15) is 0 Å². The Morgan fingerprint density at radius 1 is 1.16 bits per heavy atom. The van der Waals surface area contributed by atoms with Crippen molar-refractivity contribution in [2.45, 2.75) is 26.4 Å². The summed E-state index contributed by atoms with van der Waals surface area (Å²) in [5, 5.41) is 13.8. The Morgan fingerprint density at radius 3 is 2.40 bits per heavy atom. The van der Waals surface area contributed by atoms with Gasteiger partial charge in [0.2, 0.25) is 0 Å². The number of halogens is 2. The van der Waals surface area contributed by atoms with Gasteiger partial charge in [-0.25, -0.2) is 0 Å². The van der Waals surface area contributed by atoms with E-state index in [2.05, 4.69) is 5.32 Å². The smallest absolute Gasteiger partial charge is 0.271 e. The Labute approximate surface area is 154 Å². The van der Waals surface area contributed by atoms with E-state index in [9.17, 15) is 14.9 Å². The van der Waals surface area contributed by atoms with E-state index in [1.54, 1.807) is 12.1 Å². The van der Waals surface area contributed by atoms with E-state index in [0.29, 0.717) is 10.8 Å². The van der Waals surface area contributed by atoms with Crippen molar-refractivity contribution in [3.05, 3.63) is 62.1 Å². The Hall–Kier alpha value is -2.31. The molecule has 0 saturated carbocycles. The molecular weight excluding hydrogens is 367 g/mol. The van der Waals surface area contributed by atoms with Gasteiger partial charge in [0.1, 0.15) is 11.4 Å². The fourth-order valence-electron chi connectivity index (χ4n) is 2.01. The summed E-state index contributed by atoms with van der Waals surface area (Å²) < 4.78 is 5.79. The molecule has 0 radical (unpaired) electrons. The second kappa shape index (κ2) is 7.29. The molecule has 0 heterocycles. The van der Waals surface area contributed by atoms with Crippen molar-refractivity contribution in [1.82, 2.24) is 0 Å². The highest BCUT2D eigenvalue weighted by molar-refractivity contribution is 6.34. The zero-order valence-electron chi connectivity index (χ0n) is 13.8. The number of ether oxygens (including phenoxy) is 1. The zero-order chi connectivity index (χ0) is 18.8. The summed E-state index contributed by atoms with van der Waals surface area (Å²) in [5.41, 5.74) is -0.188. The first kappa shape index (κ1) is 19.0. The fourth-order valence-corrected chi connectivity index (χ4v) is 2.40. The molecule has 1 N–H and O–H groups in total. The van der Waals surface area contributed by atoms with Gasteiger partial charge in [0, 0.05) is 17.2 Å². The summed E-state index contributed by atoms with van der Waals surface area (Å²) in [5.74, 6) is -0.120. The maximum Gasteiger partial charge on any atom is 0.271 e. The monoisotopic (exact) mass is 382 g/mol. The Kier molecular flexibility index (Phi) is 5.55. The first-order valence-electron chi connectivity index (χ1n) is 7.31. The maximum absolute atomic E-state index is 12.6. The van der Waals surface area contributed by atoms with Crippen molar-refractivity contribution in [3.63, 3.8) is 0 Å². The number of hydrogen-bond acceptors (Lipinski definition) is 4. The number of amides is 1. The number of carbonyl (C=O) groups excluding carboxylic acids is 1. The van der Waals surface area contributed by atoms with Crippen LogP contribution < -0.4 is 10.1 Å². The Morgan fingerprint density at radius 2 is 1.84 bits per heavy atom. The van der Waals surface area contributed by atoms with Gasteiger partial charge in [-0.1, -0.05) is 23.2 Å². The third-order valence-corrected chi connectivity index (χ3v) is 3.56. The number of hydrogen-bond donors (Lipinski definition) is 1. The van der Waals surface area contributed by atoms with E-state index in [1.807, 2.05) is 20.8 Å². The first-order chi connectivity index (χ1) is 11.6. The molecule has 0 bridgehead atoms. The lowest BCUT2D eigenvalue weighted by Gasteiger charge is -2.23. The number of nitro groups is 1. The van der Waals surface area contributed by atoms with Gasteiger partial charge >= 0.3 is 0 Å². The predicted molar refractivity (Wildman–Crippen MR) is 97.9 cm³/mol. The van der Waals surface area contributed by atoms with E-state index in [-0.39, 0.29) is 22.0 Å². The van der Waals surface area contributed by atoms with Gasteiger partial charge in [-0.05, 0) is 45.0 Å². The molecule has 0 aliphatic carbocycles. The summed E-state index contributed by atoms with van der Waals surface area (Å²) in [6.45, 7) is 5.57. The second-order valence-corrected chi connectivity index (χ2v) is 7.07. The molecule has 0 spiro atoms. The van der Waals surface area contributed by atoms with E-state index < -0.39 is 16.4 Å². The Balaban J connectivity index is 2.32. The largest absolute Gasteiger partial charge is 0.487 e.